The highest BCUT2D eigenvalue weighted by molar-refractivity contribution is 9.10. The lowest BCUT2D eigenvalue weighted by molar-refractivity contribution is 0.191. The van der Waals surface area contributed by atoms with Crippen molar-refractivity contribution in [3.63, 3.8) is 0 Å². The van der Waals surface area contributed by atoms with Crippen LogP contribution in [0.2, 0.25) is 0 Å². The Kier molecular flexibility index (Phi) is 4.38. The molecular formula is C10H14BrNO2. The average molecular weight is 260 g/mol. The Morgan fingerprint density at radius 1 is 1.50 bits per heavy atom. The minimum absolute atomic E-state index is 0.255. The first-order valence-electron chi connectivity index (χ1n) is 4.46. The standard InChI is InChI=1S/C10H14BrNO2/c1-7(13)5-12-6-8-3-2-4-9(11)10(8)14/h2-4,7,12-14H,5-6H2,1H3/t7-/m1/s1. The summed E-state index contributed by atoms with van der Waals surface area (Å²) in [5, 5.41) is 21.7. The zero-order valence-electron chi connectivity index (χ0n) is 8.00. The topological polar surface area (TPSA) is 52.5 Å². The first kappa shape index (κ1) is 11.5. The normalized spacial score (nSPS) is 12.8. The van der Waals surface area contributed by atoms with E-state index in [1.807, 2.05) is 12.1 Å². The number of halogens is 1. The van der Waals surface area contributed by atoms with Gasteiger partial charge in [-0.3, -0.25) is 0 Å². The maximum Gasteiger partial charge on any atom is 0.134 e. The summed E-state index contributed by atoms with van der Waals surface area (Å²) in [7, 11) is 0. The Morgan fingerprint density at radius 2 is 2.21 bits per heavy atom. The van der Waals surface area contributed by atoms with Gasteiger partial charge in [0, 0.05) is 18.7 Å². The highest BCUT2D eigenvalue weighted by Gasteiger charge is 2.04. The van der Waals surface area contributed by atoms with Crippen molar-refractivity contribution in [2.24, 2.45) is 0 Å². The molecule has 0 unspecified atom stereocenters. The van der Waals surface area contributed by atoms with Crippen LogP contribution in [0.1, 0.15) is 12.5 Å². The summed E-state index contributed by atoms with van der Waals surface area (Å²) in [6, 6.07) is 5.49. The van der Waals surface area contributed by atoms with Crippen molar-refractivity contribution in [2.45, 2.75) is 19.6 Å². The van der Waals surface area contributed by atoms with Crippen LogP contribution in [0.3, 0.4) is 0 Å². The van der Waals surface area contributed by atoms with Crippen LogP contribution in [0.5, 0.6) is 5.75 Å². The second-order valence-electron chi connectivity index (χ2n) is 3.23. The Morgan fingerprint density at radius 3 is 2.86 bits per heavy atom. The molecule has 0 fully saturated rings. The van der Waals surface area contributed by atoms with Crippen LogP contribution in [0.25, 0.3) is 0 Å². The van der Waals surface area contributed by atoms with Gasteiger partial charge in [0.15, 0.2) is 0 Å². The minimum Gasteiger partial charge on any atom is -0.506 e. The molecule has 0 heterocycles. The number of para-hydroxylation sites is 1. The lowest BCUT2D eigenvalue weighted by Gasteiger charge is -2.09. The van der Waals surface area contributed by atoms with Gasteiger partial charge in [0.2, 0.25) is 0 Å². The lowest BCUT2D eigenvalue weighted by Crippen LogP contribution is -2.23. The van der Waals surface area contributed by atoms with E-state index in [1.54, 1.807) is 13.0 Å². The number of aliphatic hydroxyl groups is 1. The van der Waals surface area contributed by atoms with Crippen molar-refractivity contribution < 1.29 is 10.2 Å². The summed E-state index contributed by atoms with van der Waals surface area (Å²) >= 11 is 3.24. The first-order valence-corrected chi connectivity index (χ1v) is 5.25. The smallest absolute Gasteiger partial charge is 0.134 e. The molecule has 78 valence electrons. The van der Waals surface area contributed by atoms with E-state index in [1.165, 1.54) is 0 Å². The summed E-state index contributed by atoms with van der Waals surface area (Å²) in [4.78, 5) is 0. The largest absolute Gasteiger partial charge is 0.506 e. The van der Waals surface area contributed by atoms with Crippen LogP contribution in [-0.4, -0.2) is 22.9 Å². The van der Waals surface area contributed by atoms with E-state index in [9.17, 15) is 5.11 Å². The minimum atomic E-state index is -0.371. The van der Waals surface area contributed by atoms with Gasteiger partial charge in [0.25, 0.3) is 0 Å². The van der Waals surface area contributed by atoms with Gasteiger partial charge in [-0.25, -0.2) is 0 Å². The van der Waals surface area contributed by atoms with Crippen molar-refractivity contribution in [1.29, 1.82) is 0 Å². The third kappa shape index (κ3) is 3.29. The number of rotatable bonds is 4. The van der Waals surface area contributed by atoms with Gasteiger partial charge in [-0.2, -0.15) is 0 Å². The highest BCUT2D eigenvalue weighted by atomic mass is 79.9. The molecule has 0 amide bonds. The molecule has 1 aromatic rings. The van der Waals surface area contributed by atoms with Crippen LogP contribution in [-0.2, 0) is 6.54 Å². The average Bonchev–Trinajstić information content (AvgIpc) is 2.12. The quantitative estimate of drug-likeness (QED) is 0.771. The van der Waals surface area contributed by atoms with Crippen LogP contribution >= 0.6 is 15.9 Å². The molecule has 4 heteroatoms. The predicted molar refractivity (Wildman–Crippen MR) is 59.2 cm³/mol. The van der Waals surface area contributed by atoms with E-state index in [4.69, 9.17) is 5.11 Å². The third-order valence-corrected chi connectivity index (χ3v) is 2.47. The molecule has 3 nitrogen and oxygen atoms in total. The van der Waals surface area contributed by atoms with Crippen molar-refractivity contribution in [3.05, 3.63) is 28.2 Å². The monoisotopic (exact) mass is 259 g/mol. The number of aromatic hydroxyl groups is 1. The SMILES string of the molecule is C[C@@H](O)CNCc1cccc(Br)c1O. The third-order valence-electron chi connectivity index (χ3n) is 1.83. The second kappa shape index (κ2) is 5.34. The molecule has 0 saturated carbocycles. The van der Waals surface area contributed by atoms with Gasteiger partial charge >= 0.3 is 0 Å². The van der Waals surface area contributed by atoms with Crippen LogP contribution in [0.15, 0.2) is 22.7 Å². The Bertz CT molecular complexity index is 302. The van der Waals surface area contributed by atoms with Gasteiger partial charge in [0.1, 0.15) is 5.75 Å². The van der Waals surface area contributed by atoms with Gasteiger partial charge in [0.05, 0.1) is 10.6 Å². The number of nitrogens with one attached hydrogen (secondary N) is 1. The fourth-order valence-electron chi connectivity index (χ4n) is 1.12. The highest BCUT2D eigenvalue weighted by Crippen LogP contribution is 2.26. The van der Waals surface area contributed by atoms with E-state index in [0.717, 1.165) is 5.56 Å². The predicted octanol–water partition coefficient (Wildman–Crippen LogP) is 1.63. The van der Waals surface area contributed by atoms with Crippen molar-refractivity contribution in [1.82, 2.24) is 5.32 Å². The number of hydrogen-bond donors (Lipinski definition) is 3. The Balaban J connectivity index is 2.54. The van der Waals surface area contributed by atoms with E-state index in [-0.39, 0.29) is 11.9 Å². The van der Waals surface area contributed by atoms with Crippen LogP contribution in [0.4, 0.5) is 0 Å². The second-order valence-corrected chi connectivity index (χ2v) is 4.08. The molecule has 0 spiro atoms. The van der Waals surface area contributed by atoms with Gasteiger partial charge < -0.3 is 15.5 Å². The van der Waals surface area contributed by atoms with E-state index in [0.29, 0.717) is 17.6 Å². The summed E-state index contributed by atoms with van der Waals surface area (Å²) in [5.41, 5.74) is 0.819. The first-order chi connectivity index (χ1) is 6.61. The molecule has 1 atom stereocenters. The molecule has 14 heavy (non-hydrogen) atoms. The number of phenols is 1. The molecule has 0 aromatic heterocycles. The zero-order chi connectivity index (χ0) is 10.6. The molecule has 1 aromatic carbocycles. The molecule has 0 saturated heterocycles. The maximum absolute atomic E-state index is 9.61. The number of aliphatic hydroxyl groups excluding tert-OH is 1. The Hall–Kier alpha value is -0.580. The summed E-state index contributed by atoms with van der Waals surface area (Å²) in [6.45, 7) is 2.79. The molecule has 1 rings (SSSR count). The molecule has 0 aliphatic carbocycles. The number of hydrogen-bond acceptors (Lipinski definition) is 3. The fraction of sp³-hybridized carbons (Fsp3) is 0.400. The summed E-state index contributed by atoms with van der Waals surface area (Å²) in [6.07, 6.45) is -0.371. The van der Waals surface area contributed by atoms with Gasteiger partial charge in [-0.15, -0.1) is 0 Å². The zero-order valence-corrected chi connectivity index (χ0v) is 9.58. The van der Waals surface area contributed by atoms with Gasteiger partial charge in [-0.05, 0) is 28.9 Å². The van der Waals surface area contributed by atoms with E-state index in [2.05, 4.69) is 21.2 Å². The molecule has 0 aliphatic heterocycles. The van der Waals surface area contributed by atoms with Crippen LogP contribution < -0.4 is 5.32 Å². The van der Waals surface area contributed by atoms with Crippen molar-refractivity contribution in [2.75, 3.05) is 6.54 Å². The van der Waals surface area contributed by atoms with Crippen molar-refractivity contribution in [3.8, 4) is 5.75 Å². The number of phenolic OH excluding ortho intramolecular Hbond substituents is 1. The molecular weight excluding hydrogens is 246 g/mol. The Labute approximate surface area is 91.9 Å². The summed E-state index contributed by atoms with van der Waals surface area (Å²) < 4.78 is 0.689. The van der Waals surface area contributed by atoms with Gasteiger partial charge in [-0.1, -0.05) is 12.1 Å². The lowest BCUT2D eigenvalue weighted by atomic mass is 10.2. The van der Waals surface area contributed by atoms with Crippen molar-refractivity contribution >= 4 is 15.9 Å². The van der Waals surface area contributed by atoms with Crippen LogP contribution in [0, 0.1) is 0 Å². The van der Waals surface area contributed by atoms with E-state index >= 15 is 0 Å². The maximum atomic E-state index is 9.61. The summed E-state index contributed by atoms with van der Waals surface area (Å²) in [5.74, 6) is 0.255. The van der Waals surface area contributed by atoms with E-state index < -0.39 is 0 Å². The molecule has 0 aliphatic rings. The fourth-order valence-corrected chi connectivity index (χ4v) is 1.53. The number of benzene rings is 1. The molecule has 0 radical (unpaired) electrons. The molecule has 0 bridgehead atoms. The molecule has 3 N–H and O–H groups in total.